The zero-order chi connectivity index (χ0) is 11.7. The fourth-order valence-electron chi connectivity index (χ4n) is 2.15. The molecule has 0 saturated carbocycles. The molecule has 1 saturated heterocycles. The van der Waals surface area contributed by atoms with Gasteiger partial charge >= 0.3 is 5.69 Å². The van der Waals surface area contributed by atoms with Gasteiger partial charge in [0.2, 0.25) is 0 Å². The quantitative estimate of drug-likeness (QED) is 0.677. The normalized spacial score (nSPS) is 16.5. The topological polar surface area (TPSA) is 47.2 Å². The van der Waals surface area contributed by atoms with Crippen molar-refractivity contribution in [2.45, 2.75) is 19.3 Å². The molecule has 0 atom stereocenters. The van der Waals surface area contributed by atoms with E-state index < -0.39 is 0 Å². The number of piperidine rings is 1. The Kier molecular flexibility index (Phi) is 2.85. The molecule has 1 aromatic rings. The molecule has 1 fully saturated rings. The minimum absolute atomic E-state index is 0.233. The molecule has 88 valence electrons. The van der Waals surface area contributed by atoms with E-state index in [1.54, 1.807) is 17.7 Å². The Labute approximate surface area is 93.9 Å². The van der Waals surface area contributed by atoms with Crippen LogP contribution in [0.1, 0.15) is 19.3 Å². The Balaban J connectivity index is 2.48. The maximum absolute atomic E-state index is 11.8. The summed E-state index contributed by atoms with van der Waals surface area (Å²) in [5.41, 5.74) is -0.489. The van der Waals surface area contributed by atoms with Gasteiger partial charge in [0.15, 0.2) is 0 Å². The van der Waals surface area contributed by atoms with Gasteiger partial charge in [-0.15, -0.1) is 0 Å². The number of anilines is 1. The van der Waals surface area contributed by atoms with Gasteiger partial charge in [-0.05, 0) is 19.3 Å². The average molecular weight is 223 g/mol. The van der Waals surface area contributed by atoms with Crippen LogP contribution < -0.4 is 16.1 Å². The summed E-state index contributed by atoms with van der Waals surface area (Å²) < 4.78 is 2.68. The first-order valence-electron chi connectivity index (χ1n) is 5.63. The van der Waals surface area contributed by atoms with E-state index in [0.29, 0.717) is 0 Å². The fraction of sp³-hybridized carbons (Fsp3) is 0.636. The molecule has 1 aliphatic rings. The molecule has 0 aromatic carbocycles. The molecule has 0 amide bonds. The summed E-state index contributed by atoms with van der Waals surface area (Å²) in [6.45, 7) is 1.86. The Hall–Kier alpha value is -1.52. The van der Waals surface area contributed by atoms with Crippen molar-refractivity contribution in [3.05, 3.63) is 26.9 Å². The predicted molar refractivity (Wildman–Crippen MR) is 63.0 cm³/mol. The maximum Gasteiger partial charge on any atom is 0.332 e. The first-order valence-corrected chi connectivity index (χ1v) is 5.63. The van der Waals surface area contributed by atoms with Crippen LogP contribution in [0.25, 0.3) is 0 Å². The SMILES string of the molecule is Cn1c(N2CCCCC2)cc(=O)n(C)c1=O. The van der Waals surface area contributed by atoms with Crippen molar-refractivity contribution in [3.8, 4) is 0 Å². The third-order valence-corrected chi connectivity index (χ3v) is 3.18. The van der Waals surface area contributed by atoms with Crippen LogP contribution in [0.2, 0.25) is 0 Å². The molecule has 16 heavy (non-hydrogen) atoms. The van der Waals surface area contributed by atoms with Crippen LogP contribution in [0.3, 0.4) is 0 Å². The first-order chi connectivity index (χ1) is 7.61. The lowest BCUT2D eigenvalue weighted by Gasteiger charge is -2.29. The smallest absolute Gasteiger partial charge is 0.332 e. The van der Waals surface area contributed by atoms with Crippen molar-refractivity contribution in [3.63, 3.8) is 0 Å². The maximum atomic E-state index is 11.8. The largest absolute Gasteiger partial charge is 0.358 e. The highest BCUT2D eigenvalue weighted by Gasteiger charge is 2.15. The van der Waals surface area contributed by atoms with E-state index in [2.05, 4.69) is 4.90 Å². The Morgan fingerprint density at radius 2 is 1.62 bits per heavy atom. The van der Waals surface area contributed by atoms with Gasteiger partial charge in [0.25, 0.3) is 5.56 Å². The van der Waals surface area contributed by atoms with Gasteiger partial charge in [-0.25, -0.2) is 4.79 Å². The van der Waals surface area contributed by atoms with Crippen LogP contribution in [0.15, 0.2) is 15.7 Å². The summed E-state index contributed by atoms with van der Waals surface area (Å²) in [5.74, 6) is 0.743. The standard InChI is InChI=1S/C11H17N3O2/c1-12-9(14-6-4-3-5-7-14)8-10(15)13(2)11(12)16/h8H,3-7H2,1-2H3. The second-order valence-corrected chi connectivity index (χ2v) is 4.29. The van der Waals surface area contributed by atoms with E-state index in [-0.39, 0.29) is 11.2 Å². The molecule has 1 aromatic heterocycles. The first kappa shape index (κ1) is 11.0. The molecular weight excluding hydrogens is 206 g/mol. The summed E-state index contributed by atoms with van der Waals surface area (Å²) in [6.07, 6.45) is 3.49. The van der Waals surface area contributed by atoms with Crippen molar-refractivity contribution in [1.82, 2.24) is 9.13 Å². The number of hydrogen-bond donors (Lipinski definition) is 0. The number of hydrogen-bond acceptors (Lipinski definition) is 3. The van der Waals surface area contributed by atoms with Crippen LogP contribution in [0, 0.1) is 0 Å². The van der Waals surface area contributed by atoms with Crippen LogP contribution in [-0.4, -0.2) is 22.2 Å². The minimum atomic E-state index is -0.256. The van der Waals surface area contributed by atoms with Gasteiger partial charge in [0.1, 0.15) is 5.82 Å². The molecule has 0 radical (unpaired) electrons. The Bertz CT molecular complexity index is 495. The predicted octanol–water partition coefficient (Wildman–Crippen LogP) is 0.0743. The van der Waals surface area contributed by atoms with E-state index >= 15 is 0 Å². The summed E-state index contributed by atoms with van der Waals surface area (Å²) >= 11 is 0. The molecule has 2 heterocycles. The third kappa shape index (κ3) is 1.77. The van der Waals surface area contributed by atoms with Crippen molar-refractivity contribution in [1.29, 1.82) is 0 Å². The van der Waals surface area contributed by atoms with E-state index in [1.807, 2.05) is 0 Å². The highest BCUT2D eigenvalue weighted by molar-refractivity contribution is 5.38. The number of aromatic nitrogens is 2. The van der Waals surface area contributed by atoms with E-state index in [4.69, 9.17) is 0 Å². The summed E-state index contributed by atoms with van der Waals surface area (Å²) in [7, 11) is 3.22. The van der Waals surface area contributed by atoms with Crippen LogP contribution in [0.4, 0.5) is 5.82 Å². The summed E-state index contributed by atoms with van der Waals surface area (Å²) in [5, 5.41) is 0. The monoisotopic (exact) mass is 223 g/mol. The molecular formula is C11H17N3O2. The lowest BCUT2D eigenvalue weighted by molar-refractivity contribution is 0.556. The van der Waals surface area contributed by atoms with Crippen LogP contribution >= 0.6 is 0 Å². The highest BCUT2D eigenvalue weighted by atomic mass is 16.2. The number of rotatable bonds is 1. The van der Waals surface area contributed by atoms with E-state index in [0.717, 1.165) is 36.3 Å². The zero-order valence-corrected chi connectivity index (χ0v) is 9.77. The molecule has 0 N–H and O–H groups in total. The van der Waals surface area contributed by atoms with Gasteiger partial charge in [-0.1, -0.05) is 0 Å². The number of nitrogens with zero attached hydrogens (tertiary/aromatic N) is 3. The third-order valence-electron chi connectivity index (χ3n) is 3.18. The van der Waals surface area contributed by atoms with Gasteiger partial charge < -0.3 is 4.90 Å². The van der Waals surface area contributed by atoms with E-state index in [9.17, 15) is 9.59 Å². The molecule has 5 heteroatoms. The second-order valence-electron chi connectivity index (χ2n) is 4.29. The van der Waals surface area contributed by atoms with Crippen molar-refractivity contribution < 1.29 is 0 Å². The molecule has 1 aliphatic heterocycles. The van der Waals surface area contributed by atoms with Gasteiger partial charge in [0, 0.05) is 33.3 Å². The molecule has 0 spiro atoms. The second kappa shape index (κ2) is 4.15. The Morgan fingerprint density at radius 3 is 2.25 bits per heavy atom. The average Bonchev–Trinajstić information content (AvgIpc) is 2.32. The molecule has 2 rings (SSSR count). The zero-order valence-electron chi connectivity index (χ0n) is 9.77. The van der Waals surface area contributed by atoms with Crippen molar-refractivity contribution >= 4 is 5.82 Å². The van der Waals surface area contributed by atoms with Gasteiger partial charge in [-0.3, -0.25) is 13.9 Å². The molecule has 0 aliphatic carbocycles. The molecule has 5 nitrogen and oxygen atoms in total. The summed E-state index contributed by atoms with van der Waals surface area (Å²) in [4.78, 5) is 25.4. The Morgan fingerprint density at radius 1 is 1.00 bits per heavy atom. The lowest BCUT2D eigenvalue weighted by atomic mass is 10.1. The highest BCUT2D eigenvalue weighted by Crippen LogP contribution is 2.15. The molecule has 0 bridgehead atoms. The van der Waals surface area contributed by atoms with Crippen molar-refractivity contribution in [2.24, 2.45) is 14.1 Å². The van der Waals surface area contributed by atoms with E-state index in [1.165, 1.54) is 13.5 Å². The van der Waals surface area contributed by atoms with Gasteiger partial charge in [0.05, 0.1) is 0 Å². The van der Waals surface area contributed by atoms with Crippen molar-refractivity contribution in [2.75, 3.05) is 18.0 Å². The molecule has 0 unspecified atom stereocenters. The fourth-order valence-corrected chi connectivity index (χ4v) is 2.15. The lowest BCUT2D eigenvalue weighted by Crippen LogP contribution is -2.41. The van der Waals surface area contributed by atoms with Crippen LogP contribution in [0.5, 0.6) is 0 Å². The minimum Gasteiger partial charge on any atom is -0.358 e. The summed E-state index contributed by atoms with van der Waals surface area (Å²) in [6, 6.07) is 1.55. The van der Waals surface area contributed by atoms with Crippen LogP contribution in [-0.2, 0) is 14.1 Å². The van der Waals surface area contributed by atoms with Gasteiger partial charge in [-0.2, -0.15) is 0 Å².